The van der Waals surface area contributed by atoms with Crippen LogP contribution < -0.4 is 0 Å². The van der Waals surface area contributed by atoms with Crippen LogP contribution in [0.2, 0.25) is 0 Å². The summed E-state index contributed by atoms with van der Waals surface area (Å²) in [6.07, 6.45) is 3.28. The zero-order valence-electron chi connectivity index (χ0n) is 15.7. The Balaban J connectivity index is 1.47. The number of halogens is 3. The number of unbranched alkanes of at least 4 members (excludes halogenated alkanes) is 1. The molecular weight excluding hydrogens is 347 g/mol. The Labute approximate surface area is 160 Å². The lowest BCUT2D eigenvalue weighted by atomic mass is 9.95. The van der Waals surface area contributed by atoms with E-state index in [0.29, 0.717) is 12.5 Å². The van der Waals surface area contributed by atoms with E-state index in [2.05, 4.69) is 35.2 Å². The van der Waals surface area contributed by atoms with Crippen LogP contribution in [0, 0.1) is 0 Å². The predicted octanol–water partition coefficient (Wildman–Crippen LogP) is 6.13. The predicted molar refractivity (Wildman–Crippen MR) is 104 cm³/mol. The first-order valence-electron chi connectivity index (χ1n) is 9.96. The van der Waals surface area contributed by atoms with Crippen molar-refractivity contribution in [1.29, 1.82) is 0 Å². The minimum Gasteiger partial charge on any atom is -0.300 e. The minimum absolute atomic E-state index is 0.543. The number of aryl methyl sites for hydroxylation is 1. The molecule has 1 nitrogen and oxygen atoms in total. The maximum Gasteiger partial charge on any atom is 0.416 e. The molecule has 1 fully saturated rings. The molecule has 0 aliphatic carbocycles. The van der Waals surface area contributed by atoms with Gasteiger partial charge in [-0.05, 0) is 68.8 Å². The molecule has 0 radical (unpaired) electrons. The summed E-state index contributed by atoms with van der Waals surface area (Å²) < 4.78 is 38.4. The second-order valence-electron chi connectivity index (χ2n) is 7.53. The molecule has 4 heteroatoms. The summed E-state index contributed by atoms with van der Waals surface area (Å²) in [7, 11) is 0. The van der Waals surface area contributed by atoms with Crippen LogP contribution in [0.3, 0.4) is 0 Å². The normalized spacial score (nSPS) is 18.6. The molecular formula is C23H28F3N. The summed E-state index contributed by atoms with van der Waals surface area (Å²) in [4.78, 5) is 2.59. The van der Waals surface area contributed by atoms with E-state index < -0.39 is 11.7 Å². The van der Waals surface area contributed by atoms with E-state index in [9.17, 15) is 13.2 Å². The molecule has 0 amide bonds. The molecule has 1 atom stereocenters. The number of hydrogen-bond donors (Lipinski definition) is 0. The van der Waals surface area contributed by atoms with Gasteiger partial charge >= 0.3 is 6.18 Å². The molecule has 146 valence electrons. The highest BCUT2D eigenvalue weighted by atomic mass is 19.4. The van der Waals surface area contributed by atoms with Crippen molar-refractivity contribution in [1.82, 2.24) is 4.90 Å². The van der Waals surface area contributed by atoms with E-state index in [0.717, 1.165) is 44.0 Å². The maximum absolute atomic E-state index is 12.8. The topological polar surface area (TPSA) is 3.24 Å². The summed E-state index contributed by atoms with van der Waals surface area (Å²) in [5.74, 6) is 0. The van der Waals surface area contributed by atoms with Crippen molar-refractivity contribution < 1.29 is 13.2 Å². The lowest BCUT2D eigenvalue weighted by molar-refractivity contribution is -0.137. The molecule has 0 N–H and O–H groups in total. The van der Waals surface area contributed by atoms with E-state index >= 15 is 0 Å². The number of nitrogens with zero attached hydrogens (tertiary/aromatic N) is 1. The first-order chi connectivity index (χ1) is 13.0. The largest absolute Gasteiger partial charge is 0.416 e. The van der Waals surface area contributed by atoms with Crippen LogP contribution in [-0.2, 0) is 19.0 Å². The van der Waals surface area contributed by atoms with Gasteiger partial charge in [-0.2, -0.15) is 13.2 Å². The Kier molecular flexibility index (Phi) is 6.95. The summed E-state index contributed by atoms with van der Waals surface area (Å²) >= 11 is 0. The second-order valence-corrected chi connectivity index (χ2v) is 7.53. The standard InChI is InChI=1S/C23H28F3N/c24-23(25,26)21-13-8-12-19(17-21)11-4-6-15-27-16-7-5-14-22(27)18-20-9-2-1-3-10-20/h1-3,8-10,12-13,17,22H,4-7,11,14-16,18H2. The van der Waals surface area contributed by atoms with Crippen molar-refractivity contribution in [3.05, 3.63) is 71.3 Å². The van der Waals surface area contributed by atoms with Crippen LogP contribution >= 0.6 is 0 Å². The second kappa shape index (κ2) is 9.41. The quantitative estimate of drug-likeness (QED) is 0.527. The number of rotatable bonds is 7. The van der Waals surface area contributed by atoms with E-state index in [1.165, 1.54) is 37.0 Å². The van der Waals surface area contributed by atoms with Crippen LogP contribution in [0.15, 0.2) is 54.6 Å². The highest BCUT2D eigenvalue weighted by molar-refractivity contribution is 5.25. The van der Waals surface area contributed by atoms with Gasteiger partial charge < -0.3 is 4.90 Å². The van der Waals surface area contributed by atoms with Gasteiger partial charge in [0, 0.05) is 6.04 Å². The average molecular weight is 375 g/mol. The van der Waals surface area contributed by atoms with Crippen LogP contribution in [0.25, 0.3) is 0 Å². The SMILES string of the molecule is FC(F)(F)c1cccc(CCCCN2CCCCC2Cc2ccccc2)c1. The highest BCUT2D eigenvalue weighted by Gasteiger charge is 2.30. The zero-order chi connectivity index (χ0) is 19.1. The van der Waals surface area contributed by atoms with Crippen LogP contribution in [-0.4, -0.2) is 24.0 Å². The molecule has 27 heavy (non-hydrogen) atoms. The lowest BCUT2D eigenvalue weighted by Crippen LogP contribution is -2.41. The Morgan fingerprint density at radius 1 is 0.889 bits per heavy atom. The molecule has 3 rings (SSSR count). The monoisotopic (exact) mass is 375 g/mol. The molecule has 2 aromatic rings. The lowest BCUT2D eigenvalue weighted by Gasteiger charge is -2.36. The van der Waals surface area contributed by atoms with E-state index in [-0.39, 0.29) is 0 Å². The molecule has 1 saturated heterocycles. The maximum atomic E-state index is 12.8. The van der Waals surface area contributed by atoms with Gasteiger partial charge in [-0.15, -0.1) is 0 Å². The van der Waals surface area contributed by atoms with Crippen molar-refractivity contribution in [2.75, 3.05) is 13.1 Å². The third kappa shape index (κ3) is 6.10. The fraction of sp³-hybridized carbons (Fsp3) is 0.478. The third-order valence-corrected chi connectivity index (χ3v) is 5.48. The fourth-order valence-electron chi connectivity index (χ4n) is 4.02. The van der Waals surface area contributed by atoms with Crippen molar-refractivity contribution in [2.45, 2.75) is 57.2 Å². The smallest absolute Gasteiger partial charge is 0.300 e. The molecule has 0 spiro atoms. The Morgan fingerprint density at radius 3 is 2.44 bits per heavy atom. The molecule has 0 saturated carbocycles. The molecule has 1 aliphatic heterocycles. The average Bonchev–Trinajstić information content (AvgIpc) is 2.67. The van der Waals surface area contributed by atoms with Gasteiger partial charge in [-0.1, -0.05) is 55.0 Å². The third-order valence-electron chi connectivity index (χ3n) is 5.48. The zero-order valence-corrected chi connectivity index (χ0v) is 15.7. The molecule has 0 bridgehead atoms. The van der Waals surface area contributed by atoms with Gasteiger partial charge in [0.25, 0.3) is 0 Å². The van der Waals surface area contributed by atoms with E-state index in [1.807, 2.05) is 0 Å². The molecule has 2 aromatic carbocycles. The molecule has 0 aromatic heterocycles. The number of likely N-dealkylation sites (tertiary alicyclic amines) is 1. The highest BCUT2D eigenvalue weighted by Crippen LogP contribution is 2.30. The Morgan fingerprint density at radius 2 is 1.67 bits per heavy atom. The van der Waals surface area contributed by atoms with Crippen molar-refractivity contribution in [3.8, 4) is 0 Å². The van der Waals surface area contributed by atoms with E-state index in [1.54, 1.807) is 6.07 Å². The fourth-order valence-corrected chi connectivity index (χ4v) is 4.02. The van der Waals surface area contributed by atoms with Gasteiger partial charge in [-0.25, -0.2) is 0 Å². The first-order valence-corrected chi connectivity index (χ1v) is 9.96. The van der Waals surface area contributed by atoms with Gasteiger partial charge in [0.1, 0.15) is 0 Å². The number of alkyl halides is 3. The first kappa shape index (κ1) is 19.9. The number of hydrogen-bond acceptors (Lipinski definition) is 1. The van der Waals surface area contributed by atoms with Crippen molar-refractivity contribution in [3.63, 3.8) is 0 Å². The Hall–Kier alpha value is -1.81. The summed E-state index contributed by atoms with van der Waals surface area (Å²) in [6.45, 7) is 2.18. The number of benzene rings is 2. The van der Waals surface area contributed by atoms with Crippen LogP contribution in [0.1, 0.15) is 48.8 Å². The van der Waals surface area contributed by atoms with Crippen LogP contribution in [0.4, 0.5) is 13.2 Å². The van der Waals surface area contributed by atoms with Crippen molar-refractivity contribution >= 4 is 0 Å². The summed E-state index contributed by atoms with van der Waals surface area (Å²) in [6, 6.07) is 17.0. The van der Waals surface area contributed by atoms with Gasteiger partial charge in [0.2, 0.25) is 0 Å². The Bertz CT molecular complexity index is 696. The summed E-state index contributed by atoms with van der Waals surface area (Å²) in [5.41, 5.74) is 1.63. The van der Waals surface area contributed by atoms with E-state index in [4.69, 9.17) is 0 Å². The van der Waals surface area contributed by atoms with Crippen LogP contribution in [0.5, 0.6) is 0 Å². The van der Waals surface area contributed by atoms with Gasteiger partial charge in [0.15, 0.2) is 0 Å². The molecule has 1 heterocycles. The summed E-state index contributed by atoms with van der Waals surface area (Å²) in [5, 5.41) is 0. The van der Waals surface area contributed by atoms with Crippen molar-refractivity contribution in [2.24, 2.45) is 0 Å². The van der Waals surface area contributed by atoms with Gasteiger partial charge in [0.05, 0.1) is 5.56 Å². The molecule has 1 aliphatic rings. The number of piperidine rings is 1. The van der Waals surface area contributed by atoms with Gasteiger partial charge in [-0.3, -0.25) is 0 Å². The molecule has 1 unspecified atom stereocenters. The minimum atomic E-state index is -4.26.